The Morgan fingerprint density at radius 3 is 2.95 bits per heavy atom. The summed E-state index contributed by atoms with van der Waals surface area (Å²) in [7, 11) is 1.61. The molecule has 1 fully saturated rings. The lowest BCUT2D eigenvalue weighted by molar-refractivity contribution is -0.132. The van der Waals surface area contributed by atoms with Gasteiger partial charge in [-0.15, -0.1) is 0 Å². The van der Waals surface area contributed by atoms with Crippen molar-refractivity contribution < 1.29 is 9.53 Å². The normalized spacial score (nSPS) is 21.9. The minimum absolute atomic E-state index is 0.0965. The van der Waals surface area contributed by atoms with Gasteiger partial charge in [0, 0.05) is 23.7 Å². The molecule has 0 aromatic heterocycles. The second kappa shape index (κ2) is 7.14. The van der Waals surface area contributed by atoms with Gasteiger partial charge in [-0.2, -0.15) is 0 Å². The van der Waals surface area contributed by atoms with Gasteiger partial charge in [-0.25, -0.2) is 0 Å². The summed E-state index contributed by atoms with van der Waals surface area (Å²) in [6, 6.07) is 5.50. The highest BCUT2D eigenvalue weighted by molar-refractivity contribution is 6.31. The monoisotopic (exact) mass is 310 g/mol. The summed E-state index contributed by atoms with van der Waals surface area (Å²) >= 11 is 6.20. The number of amides is 1. The van der Waals surface area contributed by atoms with Crippen LogP contribution in [-0.4, -0.2) is 26.1 Å². The molecular weight excluding hydrogens is 288 g/mol. The SMILES string of the molecule is CCC1(C(=O)NCc2c(Cl)cccc2OC)CCCNC1. The first kappa shape index (κ1) is 16.1. The largest absolute Gasteiger partial charge is 0.496 e. The van der Waals surface area contributed by atoms with Crippen LogP contribution in [0.5, 0.6) is 5.75 Å². The third-order valence-corrected chi connectivity index (χ3v) is 4.71. The van der Waals surface area contributed by atoms with E-state index >= 15 is 0 Å². The Balaban J connectivity index is 2.07. The average molecular weight is 311 g/mol. The van der Waals surface area contributed by atoms with Crippen LogP contribution >= 0.6 is 11.6 Å². The van der Waals surface area contributed by atoms with Crippen molar-refractivity contribution in [1.29, 1.82) is 0 Å². The Labute approximate surface area is 131 Å². The van der Waals surface area contributed by atoms with Crippen molar-refractivity contribution in [3.8, 4) is 5.75 Å². The van der Waals surface area contributed by atoms with Crippen LogP contribution in [0.4, 0.5) is 0 Å². The van der Waals surface area contributed by atoms with E-state index in [2.05, 4.69) is 17.6 Å². The van der Waals surface area contributed by atoms with Gasteiger partial charge >= 0.3 is 0 Å². The molecule has 0 radical (unpaired) electrons. The van der Waals surface area contributed by atoms with Gasteiger partial charge in [0.1, 0.15) is 5.75 Å². The van der Waals surface area contributed by atoms with Crippen LogP contribution < -0.4 is 15.4 Å². The van der Waals surface area contributed by atoms with Gasteiger partial charge in [-0.05, 0) is 37.9 Å². The van der Waals surface area contributed by atoms with E-state index in [0.29, 0.717) is 17.3 Å². The number of nitrogens with one attached hydrogen (secondary N) is 2. The Hall–Kier alpha value is -1.26. The number of halogens is 1. The summed E-state index contributed by atoms with van der Waals surface area (Å²) in [5.41, 5.74) is 0.525. The van der Waals surface area contributed by atoms with Gasteiger partial charge in [0.15, 0.2) is 0 Å². The lowest BCUT2D eigenvalue weighted by Gasteiger charge is -2.35. The Kier molecular flexibility index (Phi) is 5.48. The highest BCUT2D eigenvalue weighted by Gasteiger charge is 2.37. The molecule has 1 aliphatic rings. The molecule has 1 aliphatic heterocycles. The van der Waals surface area contributed by atoms with Crippen molar-refractivity contribution >= 4 is 17.5 Å². The van der Waals surface area contributed by atoms with E-state index in [-0.39, 0.29) is 11.3 Å². The predicted octanol–water partition coefficient (Wildman–Crippen LogP) is 2.74. The van der Waals surface area contributed by atoms with E-state index < -0.39 is 0 Å². The van der Waals surface area contributed by atoms with E-state index in [0.717, 1.165) is 37.9 Å². The number of hydrogen-bond acceptors (Lipinski definition) is 3. The van der Waals surface area contributed by atoms with Crippen LogP contribution in [0, 0.1) is 5.41 Å². The molecule has 1 unspecified atom stereocenters. The van der Waals surface area contributed by atoms with Gasteiger partial charge < -0.3 is 15.4 Å². The maximum Gasteiger partial charge on any atom is 0.227 e. The fraction of sp³-hybridized carbons (Fsp3) is 0.562. The molecule has 0 saturated carbocycles. The van der Waals surface area contributed by atoms with Gasteiger partial charge in [0.2, 0.25) is 5.91 Å². The smallest absolute Gasteiger partial charge is 0.227 e. The molecule has 1 aromatic rings. The molecule has 4 nitrogen and oxygen atoms in total. The molecule has 2 rings (SSSR count). The zero-order valence-electron chi connectivity index (χ0n) is 12.7. The number of piperidine rings is 1. The number of carbonyl (C=O) groups is 1. The van der Waals surface area contributed by atoms with Gasteiger partial charge in [-0.1, -0.05) is 24.6 Å². The van der Waals surface area contributed by atoms with E-state index in [1.54, 1.807) is 7.11 Å². The highest BCUT2D eigenvalue weighted by atomic mass is 35.5. The van der Waals surface area contributed by atoms with Gasteiger partial charge in [-0.3, -0.25) is 4.79 Å². The van der Waals surface area contributed by atoms with Crippen LogP contribution in [0.3, 0.4) is 0 Å². The summed E-state index contributed by atoms with van der Waals surface area (Å²) in [5, 5.41) is 6.97. The van der Waals surface area contributed by atoms with Crippen molar-refractivity contribution in [1.82, 2.24) is 10.6 Å². The fourth-order valence-corrected chi connectivity index (χ4v) is 3.11. The second-order valence-corrected chi connectivity index (χ2v) is 5.92. The summed E-state index contributed by atoms with van der Waals surface area (Å²) in [6.45, 7) is 4.20. The van der Waals surface area contributed by atoms with Crippen molar-refractivity contribution in [2.75, 3.05) is 20.2 Å². The molecule has 5 heteroatoms. The van der Waals surface area contributed by atoms with Crippen molar-refractivity contribution in [2.24, 2.45) is 5.41 Å². The van der Waals surface area contributed by atoms with Crippen LogP contribution in [-0.2, 0) is 11.3 Å². The number of rotatable bonds is 5. The van der Waals surface area contributed by atoms with Crippen molar-refractivity contribution in [2.45, 2.75) is 32.7 Å². The quantitative estimate of drug-likeness (QED) is 0.879. The molecule has 21 heavy (non-hydrogen) atoms. The van der Waals surface area contributed by atoms with E-state index in [4.69, 9.17) is 16.3 Å². The number of hydrogen-bond donors (Lipinski definition) is 2. The number of benzene rings is 1. The predicted molar refractivity (Wildman–Crippen MR) is 84.7 cm³/mol. The number of ether oxygens (including phenoxy) is 1. The zero-order valence-corrected chi connectivity index (χ0v) is 13.4. The summed E-state index contributed by atoms with van der Waals surface area (Å²) in [5.74, 6) is 0.800. The molecule has 1 amide bonds. The van der Waals surface area contributed by atoms with Crippen LogP contribution in [0.1, 0.15) is 31.7 Å². The van der Waals surface area contributed by atoms with Gasteiger partial charge in [0.05, 0.1) is 12.5 Å². The minimum Gasteiger partial charge on any atom is -0.496 e. The molecular formula is C16H23ClN2O2. The summed E-state index contributed by atoms with van der Waals surface area (Å²) in [6.07, 6.45) is 2.81. The highest BCUT2D eigenvalue weighted by Crippen LogP contribution is 2.31. The summed E-state index contributed by atoms with van der Waals surface area (Å²) in [4.78, 5) is 12.6. The standard InChI is InChI=1S/C16H23ClN2O2/c1-3-16(8-5-9-18-11-16)15(20)19-10-12-13(17)6-4-7-14(12)21-2/h4,6-7,18H,3,5,8-11H2,1-2H3,(H,19,20). The van der Waals surface area contributed by atoms with E-state index in [1.807, 2.05) is 18.2 Å². The van der Waals surface area contributed by atoms with E-state index in [1.165, 1.54) is 0 Å². The molecule has 0 spiro atoms. The minimum atomic E-state index is -0.299. The molecule has 116 valence electrons. The molecule has 0 aliphatic carbocycles. The third-order valence-electron chi connectivity index (χ3n) is 4.35. The average Bonchev–Trinajstić information content (AvgIpc) is 2.53. The third kappa shape index (κ3) is 3.50. The van der Waals surface area contributed by atoms with Crippen LogP contribution in [0.15, 0.2) is 18.2 Å². The molecule has 1 heterocycles. The maximum absolute atomic E-state index is 12.6. The Morgan fingerprint density at radius 2 is 2.33 bits per heavy atom. The lowest BCUT2D eigenvalue weighted by atomic mass is 9.77. The maximum atomic E-state index is 12.6. The first-order valence-electron chi connectivity index (χ1n) is 7.43. The first-order chi connectivity index (χ1) is 10.1. The van der Waals surface area contributed by atoms with E-state index in [9.17, 15) is 4.79 Å². The number of methoxy groups -OCH3 is 1. The number of carbonyl (C=O) groups excluding carboxylic acids is 1. The van der Waals surface area contributed by atoms with Crippen molar-refractivity contribution in [3.05, 3.63) is 28.8 Å². The topological polar surface area (TPSA) is 50.4 Å². The fourth-order valence-electron chi connectivity index (χ4n) is 2.88. The molecule has 0 bridgehead atoms. The molecule has 1 atom stereocenters. The summed E-state index contributed by atoms with van der Waals surface area (Å²) < 4.78 is 5.31. The second-order valence-electron chi connectivity index (χ2n) is 5.52. The van der Waals surface area contributed by atoms with Crippen molar-refractivity contribution in [3.63, 3.8) is 0 Å². The van der Waals surface area contributed by atoms with Crippen LogP contribution in [0.25, 0.3) is 0 Å². The molecule has 1 aromatic carbocycles. The Bertz CT molecular complexity index is 499. The zero-order chi connectivity index (χ0) is 15.3. The van der Waals surface area contributed by atoms with Crippen LogP contribution in [0.2, 0.25) is 5.02 Å². The first-order valence-corrected chi connectivity index (χ1v) is 7.81. The lowest BCUT2D eigenvalue weighted by Crippen LogP contribution is -2.50. The van der Waals surface area contributed by atoms with Gasteiger partial charge in [0.25, 0.3) is 0 Å². The Morgan fingerprint density at radius 1 is 1.52 bits per heavy atom. The molecule has 2 N–H and O–H groups in total. The molecule has 1 saturated heterocycles.